The molecule has 0 aliphatic carbocycles. The lowest BCUT2D eigenvalue weighted by atomic mass is 9.84. The summed E-state index contributed by atoms with van der Waals surface area (Å²) in [5.41, 5.74) is 3.73. The number of imidazole rings is 1. The van der Waals surface area contributed by atoms with E-state index in [1.54, 1.807) is 19.2 Å². The quantitative estimate of drug-likeness (QED) is 0.537. The van der Waals surface area contributed by atoms with Crippen LogP contribution >= 0.6 is 0 Å². The number of nitrogens with one attached hydrogen (secondary N) is 2. The second kappa shape index (κ2) is 7.78. The van der Waals surface area contributed by atoms with E-state index in [2.05, 4.69) is 51.8 Å². The molecule has 2 aromatic heterocycles. The van der Waals surface area contributed by atoms with Gasteiger partial charge in [0, 0.05) is 30.9 Å². The lowest BCUT2D eigenvalue weighted by Gasteiger charge is -2.26. The smallest absolute Gasteiger partial charge is 0.191 e. The molecule has 1 aromatic carbocycles. The van der Waals surface area contributed by atoms with Crippen molar-refractivity contribution in [2.75, 3.05) is 13.6 Å². The summed E-state index contributed by atoms with van der Waals surface area (Å²) in [6, 6.07) is 12.8. The Labute approximate surface area is 159 Å². The summed E-state index contributed by atoms with van der Waals surface area (Å²) in [6.45, 7) is 7.41. The molecule has 3 aromatic rings. The Hall–Kier alpha value is -2.89. The monoisotopic (exact) mass is 367 g/mol. The van der Waals surface area contributed by atoms with Crippen LogP contribution in [0.5, 0.6) is 0 Å². The zero-order valence-electron chi connectivity index (χ0n) is 16.3. The second-order valence-corrected chi connectivity index (χ2v) is 7.30. The van der Waals surface area contributed by atoms with Crippen LogP contribution in [0.1, 0.15) is 30.8 Å². The van der Waals surface area contributed by atoms with E-state index in [1.807, 2.05) is 24.4 Å². The Bertz CT molecular complexity index is 958. The highest BCUT2D eigenvalue weighted by molar-refractivity contribution is 5.79. The molecule has 3 rings (SSSR count). The van der Waals surface area contributed by atoms with Crippen molar-refractivity contribution in [3.63, 3.8) is 0 Å². The van der Waals surface area contributed by atoms with Gasteiger partial charge in [0.05, 0.1) is 12.2 Å². The second-order valence-electron chi connectivity index (χ2n) is 7.30. The zero-order chi connectivity index (χ0) is 19.4. The highest BCUT2D eigenvalue weighted by Gasteiger charge is 2.21. The van der Waals surface area contributed by atoms with Crippen LogP contribution in [-0.4, -0.2) is 28.9 Å². The van der Waals surface area contributed by atoms with Crippen LogP contribution in [0.15, 0.2) is 53.7 Å². The van der Waals surface area contributed by atoms with Crippen molar-refractivity contribution in [1.82, 2.24) is 20.0 Å². The molecule has 5 nitrogen and oxygen atoms in total. The summed E-state index contributed by atoms with van der Waals surface area (Å²) in [4.78, 5) is 8.90. The van der Waals surface area contributed by atoms with Crippen molar-refractivity contribution in [3.8, 4) is 0 Å². The minimum atomic E-state index is -0.236. The molecule has 0 radical (unpaired) electrons. The lowest BCUT2D eigenvalue weighted by Crippen LogP contribution is -2.43. The summed E-state index contributed by atoms with van der Waals surface area (Å²) < 4.78 is 15.6. The Kier molecular flexibility index (Phi) is 5.44. The number of hydrogen-bond donors (Lipinski definition) is 2. The standard InChI is InChI=1S/C21H26FN5/c1-15-7-5-10-19-26-18(13-27(15)19)12-24-20(23-4)25-14-21(2,3)16-8-6-9-17(22)11-16/h5-11,13H,12,14H2,1-4H3,(H2,23,24,25). The minimum absolute atomic E-state index is 0.217. The van der Waals surface area contributed by atoms with Crippen LogP contribution in [0.4, 0.5) is 4.39 Å². The topological polar surface area (TPSA) is 53.7 Å². The van der Waals surface area contributed by atoms with Crippen LogP contribution in [0.25, 0.3) is 5.65 Å². The number of fused-ring (bicyclic) bond motifs is 1. The van der Waals surface area contributed by atoms with Crippen LogP contribution in [0, 0.1) is 12.7 Å². The molecule has 0 spiro atoms. The maximum atomic E-state index is 13.5. The highest BCUT2D eigenvalue weighted by Crippen LogP contribution is 2.22. The van der Waals surface area contributed by atoms with E-state index in [4.69, 9.17) is 0 Å². The molecule has 0 saturated heterocycles. The van der Waals surface area contributed by atoms with Crippen molar-refractivity contribution in [3.05, 3.63) is 71.4 Å². The van der Waals surface area contributed by atoms with Gasteiger partial charge >= 0.3 is 0 Å². The fourth-order valence-electron chi connectivity index (χ4n) is 3.00. The molecule has 2 N–H and O–H groups in total. The minimum Gasteiger partial charge on any atom is -0.356 e. The van der Waals surface area contributed by atoms with Gasteiger partial charge in [-0.1, -0.05) is 32.0 Å². The Balaban J connectivity index is 1.61. The first-order valence-corrected chi connectivity index (χ1v) is 9.03. The van der Waals surface area contributed by atoms with E-state index in [0.717, 1.165) is 22.6 Å². The first-order valence-electron chi connectivity index (χ1n) is 9.03. The highest BCUT2D eigenvalue weighted by atomic mass is 19.1. The number of aliphatic imine (C=N–C) groups is 1. The maximum Gasteiger partial charge on any atom is 0.191 e. The zero-order valence-corrected chi connectivity index (χ0v) is 16.3. The number of nitrogens with zero attached hydrogens (tertiary/aromatic N) is 3. The predicted octanol–water partition coefficient (Wildman–Crippen LogP) is 3.42. The van der Waals surface area contributed by atoms with Gasteiger partial charge in [-0.3, -0.25) is 4.99 Å². The molecule has 0 amide bonds. The van der Waals surface area contributed by atoms with Gasteiger partial charge in [-0.25, -0.2) is 9.37 Å². The van der Waals surface area contributed by atoms with Crippen molar-refractivity contribution < 1.29 is 4.39 Å². The molecule has 0 aliphatic heterocycles. The van der Waals surface area contributed by atoms with Crippen molar-refractivity contribution >= 4 is 11.6 Å². The average Bonchev–Trinajstić information content (AvgIpc) is 3.06. The third kappa shape index (κ3) is 4.45. The number of aryl methyl sites for hydroxylation is 1. The fourth-order valence-corrected chi connectivity index (χ4v) is 3.00. The van der Waals surface area contributed by atoms with Crippen LogP contribution in [-0.2, 0) is 12.0 Å². The number of pyridine rings is 1. The molecule has 0 aliphatic rings. The summed E-state index contributed by atoms with van der Waals surface area (Å²) in [5.74, 6) is 0.471. The van der Waals surface area contributed by atoms with Crippen LogP contribution < -0.4 is 10.6 Å². The summed E-state index contributed by atoms with van der Waals surface area (Å²) >= 11 is 0. The van der Waals surface area contributed by atoms with Gasteiger partial charge in [-0.15, -0.1) is 0 Å². The third-order valence-electron chi connectivity index (χ3n) is 4.71. The average molecular weight is 367 g/mol. The Morgan fingerprint density at radius 3 is 2.67 bits per heavy atom. The number of halogens is 1. The summed E-state index contributed by atoms with van der Waals surface area (Å²) in [6.07, 6.45) is 2.03. The number of guanidine groups is 1. The molecular formula is C21H26FN5. The molecule has 2 heterocycles. The van der Waals surface area contributed by atoms with Gasteiger partial charge in [0.1, 0.15) is 11.5 Å². The van der Waals surface area contributed by atoms with Gasteiger partial charge in [0.25, 0.3) is 0 Å². The molecule has 27 heavy (non-hydrogen) atoms. The molecule has 142 valence electrons. The lowest BCUT2D eigenvalue weighted by molar-refractivity contribution is 0.503. The Morgan fingerprint density at radius 1 is 1.19 bits per heavy atom. The van der Waals surface area contributed by atoms with Gasteiger partial charge in [-0.2, -0.15) is 0 Å². The first-order chi connectivity index (χ1) is 12.9. The number of aromatic nitrogens is 2. The maximum absolute atomic E-state index is 13.5. The molecule has 6 heteroatoms. The van der Waals surface area contributed by atoms with E-state index in [0.29, 0.717) is 19.0 Å². The van der Waals surface area contributed by atoms with Crippen molar-refractivity contribution in [2.45, 2.75) is 32.7 Å². The van der Waals surface area contributed by atoms with Gasteiger partial charge in [0.15, 0.2) is 5.96 Å². The Morgan fingerprint density at radius 2 is 1.96 bits per heavy atom. The predicted molar refractivity (Wildman–Crippen MR) is 108 cm³/mol. The van der Waals surface area contributed by atoms with Gasteiger partial charge < -0.3 is 15.0 Å². The fraction of sp³-hybridized carbons (Fsp3) is 0.333. The largest absolute Gasteiger partial charge is 0.356 e. The van der Waals surface area contributed by atoms with E-state index in [-0.39, 0.29) is 11.2 Å². The summed E-state index contributed by atoms with van der Waals surface area (Å²) in [7, 11) is 1.73. The van der Waals surface area contributed by atoms with Crippen LogP contribution in [0.3, 0.4) is 0 Å². The van der Waals surface area contributed by atoms with Crippen LogP contribution in [0.2, 0.25) is 0 Å². The number of benzene rings is 1. The molecule has 0 bridgehead atoms. The molecular weight excluding hydrogens is 341 g/mol. The number of hydrogen-bond acceptors (Lipinski definition) is 2. The van der Waals surface area contributed by atoms with Gasteiger partial charge in [0.2, 0.25) is 0 Å². The SMILES string of the molecule is CN=C(NCc1cn2c(C)cccc2n1)NCC(C)(C)c1cccc(F)c1. The van der Waals surface area contributed by atoms with E-state index < -0.39 is 0 Å². The van der Waals surface area contributed by atoms with Crippen molar-refractivity contribution in [1.29, 1.82) is 0 Å². The van der Waals surface area contributed by atoms with E-state index in [9.17, 15) is 4.39 Å². The third-order valence-corrected chi connectivity index (χ3v) is 4.71. The van der Waals surface area contributed by atoms with Crippen molar-refractivity contribution in [2.24, 2.45) is 4.99 Å². The molecule has 0 unspecified atom stereocenters. The van der Waals surface area contributed by atoms with E-state index in [1.165, 1.54) is 6.07 Å². The van der Waals surface area contributed by atoms with E-state index >= 15 is 0 Å². The molecule has 0 fully saturated rings. The van der Waals surface area contributed by atoms with Gasteiger partial charge in [-0.05, 0) is 36.8 Å². The molecule has 0 atom stereocenters. The normalized spacial score (nSPS) is 12.4. The molecule has 0 saturated carbocycles. The summed E-state index contributed by atoms with van der Waals surface area (Å²) in [5, 5.41) is 6.62. The number of rotatable bonds is 5. The first kappa shape index (κ1) is 18.9.